The van der Waals surface area contributed by atoms with Crippen LogP contribution in [0.25, 0.3) is 5.57 Å². The van der Waals surface area contributed by atoms with E-state index in [9.17, 15) is 8.78 Å². The first kappa shape index (κ1) is 18.5. The average molecular weight is 412 g/mol. The van der Waals surface area contributed by atoms with Gasteiger partial charge in [0.25, 0.3) is 0 Å². The highest BCUT2D eigenvalue weighted by Gasteiger charge is 2.36. The van der Waals surface area contributed by atoms with Crippen LogP contribution in [0.3, 0.4) is 0 Å². The van der Waals surface area contributed by atoms with Gasteiger partial charge in [-0.2, -0.15) is 13.9 Å². The summed E-state index contributed by atoms with van der Waals surface area (Å²) in [5, 5.41) is 6.58. The van der Waals surface area contributed by atoms with Gasteiger partial charge in [-0.05, 0) is 14.1 Å². The molecule has 0 amide bonds. The maximum Gasteiger partial charge on any atom is 0.333 e. The molecule has 0 aliphatic carbocycles. The second kappa shape index (κ2) is 7.66. The Morgan fingerprint density at radius 3 is 2.93 bits per heavy atom. The Balaban J connectivity index is 1.66. The van der Waals surface area contributed by atoms with Crippen molar-refractivity contribution in [2.45, 2.75) is 19.0 Å². The standard InChI is InChI=1S/C16H19F2N7S2/c1-23(2)27-22-11-5-13-12(10-6-21-25(8-10)16(17)18)7-20-14(24(13)9-11)15-19-3-4-26-15/h3-4,6,8,11,16,22H,5,7,9H2,1-2H3. The van der Waals surface area contributed by atoms with E-state index in [1.165, 1.54) is 12.4 Å². The zero-order valence-electron chi connectivity index (χ0n) is 14.8. The average Bonchev–Trinajstić information content (AvgIpc) is 3.38. The molecule has 2 aromatic rings. The lowest BCUT2D eigenvalue weighted by Gasteiger charge is -2.27. The third-order valence-electron chi connectivity index (χ3n) is 4.33. The van der Waals surface area contributed by atoms with Gasteiger partial charge in [-0.15, -0.1) is 11.3 Å². The number of aliphatic imine (C=N–C) groups is 1. The third-order valence-corrected chi connectivity index (χ3v) is 5.91. The second-order valence-corrected chi connectivity index (χ2v) is 8.47. The molecule has 144 valence electrons. The van der Waals surface area contributed by atoms with E-state index in [1.54, 1.807) is 29.7 Å². The van der Waals surface area contributed by atoms with Crippen molar-refractivity contribution in [2.24, 2.45) is 4.99 Å². The minimum absolute atomic E-state index is 0.218. The van der Waals surface area contributed by atoms with Crippen LogP contribution in [-0.4, -0.2) is 63.0 Å². The number of halogens is 2. The van der Waals surface area contributed by atoms with E-state index in [2.05, 4.69) is 19.7 Å². The lowest BCUT2D eigenvalue weighted by molar-refractivity contribution is 0.0566. The predicted molar refractivity (Wildman–Crippen MR) is 103 cm³/mol. The lowest BCUT2D eigenvalue weighted by Crippen LogP contribution is -2.35. The first-order chi connectivity index (χ1) is 13.0. The highest BCUT2D eigenvalue weighted by atomic mass is 32.2. The largest absolute Gasteiger partial charge is 0.333 e. The van der Waals surface area contributed by atoms with E-state index in [-0.39, 0.29) is 6.04 Å². The molecule has 7 nitrogen and oxygen atoms in total. The molecule has 2 aromatic heterocycles. The van der Waals surface area contributed by atoms with Crippen molar-refractivity contribution in [3.8, 4) is 0 Å². The van der Waals surface area contributed by atoms with Crippen LogP contribution >= 0.6 is 23.5 Å². The minimum Gasteiger partial charge on any atom is -0.326 e. The molecule has 1 N–H and O–H groups in total. The van der Waals surface area contributed by atoms with Crippen molar-refractivity contribution in [1.29, 1.82) is 0 Å². The molecule has 1 saturated heterocycles. The van der Waals surface area contributed by atoms with Gasteiger partial charge in [0.1, 0.15) is 0 Å². The van der Waals surface area contributed by atoms with Gasteiger partial charge >= 0.3 is 6.55 Å². The summed E-state index contributed by atoms with van der Waals surface area (Å²) in [7, 11) is 3.96. The molecule has 0 aromatic carbocycles. The molecule has 0 saturated carbocycles. The van der Waals surface area contributed by atoms with Crippen LogP contribution in [-0.2, 0) is 0 Å². The molecule has 4 heterocycles. The van der Waals surface area contributed by atoms with Crippen LogP contribution in [0.5, 0.6) is 0 Å². The van der Waals surface area contributed by atoms with E-state index in [1.807, 2.05) is 23.8 Å². The van der Waals surface area contributed by atoms with E-state index in [0.29, 0.717) is 16.8 Å². The fourth-order valence-electron chi connectivity index (χ4n) is 3.20. The normalized spacial score (nSPS) is 20.0. The Bertz CT molecular complexity index is 860. The number of aromatic nitrogens is 3. The Kier molecular flexibility index (Phi) is 5.26. The molecule has 11 heteroatoms. The number of thiazole rings is 1. The minimum atomic E-state index is -2.65. The Labute approximate surface area is 164 Å². The molecule has 27 heavy (non-hydrogen) atoms. The molecular weight excluding hydrogens is 392 g/mol. The van der Waals surface area contributed by atoms with E-state index in [0.717, 1.165) is 35.1 Å². The molecular formula is C16H19F2N7S2. The number of nitrogens with zero attached hydrogens (tertiary/aromatic N) is 6. The zero-order chi connectivity index (χ0) is 19.0. The van der Waals surface area contributed by atoms with Crippen molar-refractivity contribution < 1.29 is 8.78 Å². The Morgan fingerprint density at radius 1 is 1.41 bits per heavy atom. The van der Waals surface area contributed by atoms with Gasteiger partial charge in [0.15, 0.2) is 10.8 Å². The van der Waals surface area contributed by atoms with Crippen LogP contribution in [0.15, 0.2) is 34.7 Å². The van der Waals surface area contributed by atoms with Crippen LogP contribution in [0, 0.1) is 0 Å². The SMILES string of the molecule is CN(C)SNC1CC2=C(c3cnn(C(F)F)c3)CN=C(c3nccs3)N2C1. The molecule has 4 rings (SSSR count). The number of fused-ring (bicyclic) bond motifs is 1. The highest BCUT2D eigenvalue weighted by molar-refractivity contribution is 7.95. The van der Waals surface area contributed by atoms with Gasteiger partial charge < -0.3 is 4.90 Å². The molecule has 2 aliphatic heterocycles. The fraction of sp³-hybridized carbons (Fsp3) is 0.438. The van der Waals surface area contributed by atoms with Crippen molar-refractivity contribution >= 4 is 34.9 Å². The highest BCUT2D eigenvalue weighted by Crippen LogP contribution is 2.36. The number of hydrogen-bond donors (Lipinski definition) is 1. The summed E-state index contributed by atoms with van der Waals surface area (Å²) in [6, 6.07) is 0.218. The Hall–Kier alpha value is -1.82. The van der Waals surface area contributed by atoms with Gasteiger partial charge in [-0.3, -0.25) is 4.99 Å². The van der Waals surface area contributed by atoms with Gasteiger partial charge in [0.2, 0.25) is 0 Å². The van der Waals surface area contributed by atoms with Gasteiger partial charge in [0, 0.05) is 65.7 Å². The first-order valence-corrected chi connectivity index (χ1v) is 10.0. The van der Waals surface area contributed by atoms with E-state index in [4.69, 9.17) is 4.99 Å². The topological polar surface area (TPSA) is 61.6 Å². The maximum absolute atomic E-state index is 12.9. The molecule has 2 aliphatic rings. The number of hydrogen-bond acceptors (Lipinski definition) is 8. The van der Waals surface area contributed by atoms with Crippen LogP contribution in [0.2, 0.25) is 0 Å². The third kappa shape index (κ3) is 3.77. The van der Waals surface area contributed by atoms with Gasteiger partial charge in [-0.1, -0.05) is 0 Å². The fourth-order valence-corrected chi connectivity index (χ4v) is 4.37. The van der Waals surface area contributed by atoms with Gasteiger partial charge in [0.05, 0.1) is 12.7 Å². The molecule has 0 radical (unpaired) electrons. The van der Waals surface area contributed by atoms with Crippen molar-refractivity contribution in [1.82, 2.24) is 28.7 Å². The van der Waals surface area contributed by atoms with Crippen molar-refractivity contribution in [2.75, 3.05) is 27.2 Å². The van der Waals surface area contributed by atoms with E-state index < -0.39 is 6.55 Å². The maximum atomic E-state index is 12.9. The number of rotatable bonds is 6. The summed E-state index contributed by atoms with van der Waals surface area (Å²) in [5.74, 6) is 0.851. The van der Waals surface area contributed by atoms with Crippen LogP contribution in [0.1, 0.15) is 23.5 Å². The quantitative estimate of drug-likeness (QED) is 0.738. The van der Waals surface area contributed by atoms with Crippen molar-refractivity contribution in [3.05, 3.63) is 40.2 Å². The monoisotopic (exact) mass is 411 g/mol. The summed E-state index contributed by atoms with van der Waals surface area (Å²) >= 11 is 3.09. The molecule has 0 spiro atoms. The smallest absolute Gasteiger partial charge is 0.326 e. The van der Waals surface area contributed by atoms with Crippen LogP contribution < -0.4 is 4.72 Å². The summed E-state index contributed by atoms with van der Waals surface area (Å²) in [6.45, 7) is -1.46. The first-order valence-electron chi connectivity index (χ1n) is 8.39. The summed E-state index contributed by atoms with van der Waals surface area (Å²) in [5.41, 5.74) is 2.74. The van der Waals surface area contributed by atoms with E-state index >= 15 is 0 Å². The Morgan fingerprint density at radius 2 is 2.26 bits per heavy atom. The lowest BCUT2D eigenvalue weighted by atomic mass is 10.0. The number of nitrogens with one attached hydrogen (secondary N) is 1. The molecule has 1 unspecified atom stereocenters. The predicted octanol–water partition coefficient (Wildman–Crippen LogP) is 2.69. The molecule has 0 bridgehead atoms. The number of alkyl halides is 2. The summed E-state index contributed by atoms with van der Waals surface area (Å²) < 4.78 is 32.0. The molecule has 1 atom stereocenters. The van der Waals surface area contributed by atoms with Crippen molar-refractivity contribution in [3.63, 3.8) is 0 Å². The number of amidine groups is 1. The van der Waals surface area contributed by atoms with Crippen LogP contribution in [0.4, 0.5) is 8.78 Å². The summed E-state index contributed by atoms with van der Waals surface area (Å²) in [4.78, 5) is 11.3. The van der Waals surface area contributed by atoms with Gasteiger partial charge in [-0.25, -0.2) is 18.7 Å². The summed E-state index contributed by atoms with van der Waals surface area (Å²) in [6.07, 6.45) is 5.44. The second-order valence-electron chi connectivity index (χ2n) is 6.42. The zero-order valence-corrected chi connectivity index (χ0v) is 16.5. The molecule has 1 fully saturated rings.